The van der Waals surface area contributed by atoms with Gasteiger partial charge in [0.05, 0.1) is 12.1 Å². The second-order valence-electron chi connectivity index (χ2n) is 3.38. The number of hydrogen-bond donors (Lipinski definition) is 3. The Morgan fingerprint density at radius 1 is 1.58 bits per heavy atom. The molecule has 1 aliphatic rings. The molecule has 70 valence electrons. The van der Waals surface area contributed by atoms with Gasteiger partial charge in [-0.25, -0.2) is 0 Å². The summed E-state index contributed by atoms with van der Waals surface area (Å²) in [6.45, 7) is 0.712. The largest absolute Gasteiger partial charge is 0.388 e. The minimum Gasteiger partial charge on any atom is -0.388 e. The van der Waals surface area contributed by atoms with Crippen molar-refractivity contribution in [3.8, 4) is 0 Å². The highest BCUT2D eigenvalue weighted by atomic mass is 16.3. The fraction of sp³-hybridized carbons (Fsp3) is 0.875. The van der Waals surface area contributed by atoms with Gasteiger partial charge in [-0.05, 0) is 26.3 Å². The Bertz CT molecular complexity index is 166. The van der Waals surface area contributed by atoms with Crippen LogP contribution in [0.3, 0.4) is 0 Å². The summed E-state index contributed by atoms with van der Waals surface area (Å²) in [6.07, 6.45) is 2.69. The number of nitrogens with one attached hydrogen (secondary N) is 2. The molecule has 0 atom stereocenters. The zero-order valence-corrected chi connectivity index (χ0v) is 7.39. The third kappa shape index (κ3) is 2.46. The molecule has 0 aliphatic heterocycles. The maximum Gasteiger partial charge on any atom is 0.234 e. The number of carbonyl (C=O) groups excluding carboxylic acids is 1. The Hall–Kier alpha value is -0.610. The summed E-state index contributed by atoms with van der Waals surface area (Å²) in [5.41, 5.74) is -0.608. The van der Waals surface area contributed by atoms with Crippen molar-refractivity contribution >= 4 is 5.91 Å². The molecule has 4 heteroatoms. The summed E-state index contributed by atoms with van der Waals surface area (Å²) in [6, 6.07) is 0. The minimum absolute atomic E-state index is 0.0576. The first kappa shape index (κ1) is 9.48. The molecule has 0 saturated heterocycles. The second-order valence-corrected chi connectivity index (χ2v) is 3.38. The zero-order valence-electron chi connectivity index (χ0n) is 7.39. The van der Waals surface area contributed by atoms with Crippen molar-refractivity contribution in [2.24, 2.45) is 0 Å². The van der Waals surface area contributed by atoms with Crippen LogP contribution in [0.2, 0.25) is 0 Å². The minimum atomic E-state index is -0.608. The van der Waals surface area contributed by atoms with Crippen LogP contribution in [0.15, 0.2) is 0 Å². The zero-order chi connectivity index (χ0) is 9.03. The van der Waals surface area contributed by atoms with E-state index in [-0.39, 0.29) is 5.91 Å². The molecular weight excluding hydrogens is 156 g/mol. The first-order valence-electron chi connectivity index (χ1n) is 4.30. The lowest BCUT2D eigenvalue weighted by atomic mass is 9.80. The lowest BCUT2D eigenvalue weighted by molar-refractivity contribution is -0.122. The van der Waals surface area contributed by atoms with Gasteiger partial charge in [-0.15, -0.1) is 0 Å². The summed E-state index contributed by atoms with van der Waals surface area (Å²) in [5, 5.41) is 15.0. The Labute approximate surface area is 72.3 Å². The normalized spacial score (nSPS) is 19.8. The summed E-state index contributed by atoms with van der Waals surface area (Å²) in [7, 11) is 1.72. The Morgan fingerprint density at radius 3 is 2.67 bits per heavy atom. The van der Waals surface area contributed by atoms with Crippen LogP contribution in [0.5, 0.6) is 0 Å². The molecule has 0 aromatic carbocycles. The lowest BCUT2D eigenvalue weighted by Gasteiger charge is -2.36. The fourth-order valence-corrected chi connectivity index (χ4v) is 1.25. The van der Waals surface area contributed by atoms with E-state index in [2.05, 4.69) is 10.6 Å². The molecule has 0 heterocycles. The van der Waals surface area contributed by atoms with Crippen molar-refractivity contribution < 1.29 is 9.90 Å². The standard InChI is InChI=1S/C8H16N2O2/c1-9-5-7(11)10-6-8(12)3-2-4-8/h9,12H,2-6H2,1H3,(H,10,11). The summed E-state index contributed by atoms with van der Waals surface area (Å²) in [4.78, 5) is 10.9. The average molecular weight is 172 g/mol. The lowest BCUT2D eigenvalue weighted by Crippen LogP contribution is -2.49. The molecule has 0 spiro atoms. The maximum atomic E-state index is 10.9. The SMILES string of the molecule is CNCC(=O)NCC1(O)CCC1. The van der Waals surface area contributed by atoms with Crippen LogP contribution >= 0.6 is 0 Å². The molecule has 1 rings (SSSR count). The van der Waals surface area contributed by atoms with Crippen LogP contribution in [-0.2, 0) is 4.79 Å². The van der Waals surface area contributed by atoms with E-state index in [4.69, 9.17) is 0 Å². The Kier molecular flexibility index (Phi) is 3.05. The number of amides is 1. The highest BCUT2D eigenvalue weighted by Gasteiger charge is 2.34. The van der Waals surface area contributed by atoms with E-state index >= 15 is 0 Å². The monoisotopic (exact) mass is 172 g/mol. The van der Waals surface area contributed by atoms with E-state index in [1.165, 1.54) is 0 Å². The van der Waals surface area contributed by atoms with Crippen molar-refractivity contribution in [3.05, 3.63) is 0 Å². The van der Waals surface area contributed by atoms with Crippen molar-refractivity contribution in [1.29, 1.82) is 0 Å². The molecule has 0 radical (unpaired) electrons. The van der Waals surface area contributed by atoms with Gasteiger partial charge in [-0.3, -0.25) is 4.79 Å². The van der Waals surface area contributed by atoms with Gasteiger partial charge in [-0.1, -0.05) is 0 Å². The third-order valence-corrected chi connectivity index (χ3v) is 2.24. The summed E-state index contributed by atoms with van der Waals surface area (Å²) >= 11 is 0. The van der Waals surface area contributed by atoms with E-state index < -0.39 is 5.60 Å². The predicted octanol–water partition coefficient (Wildman–Crippen LogP) is -0.763. The van der Waals surface area contributed by atoms with E-state index in [1.807, 2.05) is 0 Å². The van der Waals surface area contributed by atoms with Gasteiger partial charge in [-0.2, -0.15) is 0 Å². The number of hydrogen-bond acceptors (Lipinski definition) is 3. The van der Waals surface area contributed by atoms with Gasteiger partial charge < -0.3 is 15.7 Å². The van der Waals surface area contributed by atoms with E-state index in [0.29, 0.717) is 13.1 Å². The smallest absolute Gasteiger partial charge is 0.234 e. The van der Waals surface area contributed by atoms with Gasteiger partial charge in [0, 0.05) is 6.54 Å². The van der Waals surface area contributed by atoms with Gasteiger partial charge in [0.15, 0.2) is 0 Å². The number of likely N-dealkylation sites (N-methyl/N-ethyl adjacent to an activating group) is 1. The van der Waals surface area contributed by atoms with Crippen LogP contribution in [0.25, 0.3) is 0 Å². The molecule has 12 heavy (non-hydrogen) atoms. The van der Waals surface area contributed by atoms with Crippen molar-refractivity contribution in [1.82, 2.24) is 10.6 Å². The summed E-state index contributed by atoms with van der Waals surface area (Å²) in [5.74, 6) is -0.0576. The van der Waals surface area contributed by atoms with Crippen LogP contribution in [0.1, 0.15) is 19.3 Å². The quantitative estimate of drug-likeness (QED) is 0.522. The molecular formula is C8H16N2O2. The van der Waals surface area contributed by atoms with Crippen LogP contribution in [-0.4, -0.2) is 36.8 Å². The van der Waals surface area contributed by atoms with Crippen LogP contribution in [0.4, 0.5) is 0 Å². The van der Waals surface area contributed by atoms with E-state index in [0.717, 1.165) is 19.3 Å². The van der Waals surface area contributed by atoms with Crippen molar-refractivity contribution in [2.45, 2.75) is 24.9 Å². The molecule has 0 aromatic rings. The highest BCUT2D eigenvalue weighted by Crippen LogP contribution is 2.30. The molecule has 1 saturated carbocycles. The Morgan fingerprint density at radius 2 is 2.25 bits per heavy atom. The van der Waals surface area contributed by atoms with Crippen molar-refractivity contribution in [2.75, 3.05) is 20.1 Å². The maximum absolute atomic E-state index is 10.9. The molecule has 0 aromatic heterocycles. The van der Waals surface area contributed by atoms with E-state index in [9.17, 15) is 9.90 Å². The van der Waals surface area contributed by atoms with Gasteiger partial charge in [0.25, 0.3) is 0 Å². The molecule has 1 fully saturated rings. The molecule has 3 N–H and O–H groups in total. The third-order valence-electron chi connectivity index (χ3n) is 2.24. The molecule has 0 unspecified atom stereocenters. The highest BCUT2D eigenvalue weighted by molar-refractivity contribution is 5.78. The van der Waals surface area contributed by atoms with Crippen LogP contribution < -0.4 is 10.6 Å². The summed E-state index contributed by atoms with van der Waals surface area (Å²) < 4.78 is 0. The molecule has 4 nitrogen and oxygen atoms in total. The number of rotatable bonds is 4. The first-order valence-corrected chi connectivity index (χ1v) is 4.30. The van der Waals surface area contributed by atoms with Gasteiger partial charge >= 0.3 is 0 Å². The van der Waals surface area contributed by atoms with Crippen LogP contribution in [0, 0.1) is 0 Å². The van der Waals surface area contributed by atoms with Gasteiger partial charge in [0.2, 0.25) is 5.91 Å². The predicted molar refractivity (Wildman–Crippen MR) is 45.7 cm³/mol. The van der Waals surface area contributed by atoms with Gasteiger partial charge in [0.1, 0.15) is 0 Å². The first-order chi connectivity index (χ1) is 5.66. The number of aliphatic hydroxyl groups is 1. The fourth-order valence-electron chi connectivity index (χ4n) is 1.25. The Balaban J connectivity index is 2.12. The topological polar surface area (TPSA) is 61.4 Å². The van der Waals surface area contributed by atoms with E-state index in [1.54, 1.807) is 7.05 Å². The average Bonchev–Trinajstić information content (AvgIpc) is 1.98. The van der Waals surface area contributed by atoms with Crippen molar-refractivity contribution in [3.63, 3.8) is 0 Å². The molecule has 0 bridgehead atoms. The second kappa shape index (κ2) is 3.87. The molecule has 1 aliphatic carbocycles. The number of carbonyl (C=O) groups is 1. The molecule has 1 amide bonds.